The Kier molecular flexibility index (Phi) is 2.86. The number of hydrazone groups is 2. The van der Waals surface area contributed by atoms with Gasteiger partial charge in [-0.1, -0.05) is 11.8 Å². The van der Waals surface area contributed by atoms with Crippen LogP contribution >= 0.6 is 11.8 Å². The zero-order chi connectivity index (χ0) is 11.5. The SMILES string of the molecule is N/N=C1/NN=C(c2cc(O)ccc2O)CS1. The minimum atomic E-state index is 0.0760. The van der Waals surface area contributed by atoms with Crippen molar-refractivity contribution in [1.82, 2.24) is 5.43 Å². The number of phenolic OH excluding ortho intramolecular Hbond substituents is 2. The summed E-state index contributed by atoms with van der Waals surface area (Å²) in [6.45, 7) is 0. The number of thioether (sulfide) groups is 1. The summed E-state index contributed by atoms with van der Waals surface area (Å²) in [5, 5.41) is 27.0. The van der Waals surface area contributed by atoms with E-state index in [0.717, 1.165) is 0 Å². The lowest BCUT2D eigenvalue weighted by atomic mass is 10.1. The molecule has 5 N–H and O–H groups in total. The van der Waals surface area contributed by atoms with E-state index in [1.54, 1.807) is 0 Å². The highest BCUT2D eigenvalue weighted by Crippen LogP contribution is 2.25. The standard InChI is InChI=1S/C9H10N4O2S/c10-11-9-13-12-7(4-16-9)6-3-5(14)1-2-8(6)15/h1-3,14-15H,4,10H2,(H,11,13). The number of aromatic hydroxyl groups is 2. The molecule has 1 heterocycles. The molecule has 0 unspecified atom stereocenters. The van der Waals surface area contributed by atoms with E-state index in [2.05, 4.69) is 15.6 Å². The lowest BCUT2D eigenvalue weighted by molar-refractivity contribution is 0.459. The largest absolute Gasteiger partial charge is 0.508 e. The van der Waals surface area contributed by atoms with Gasteiger partial charge in [0.05, 0.1) is 5.71 Å². The van der Waals surface area contributed by atoms with E-state index in [-0.39, 0.29) is 11.5 Å². The van der Waals surface area contributed by atoms with Crippen LogP contribution in [0.3, 0.4) is 0 Å². The summed E-state index contributed by atoms with van der Waals surface area (Å²) < 4.78 is 0. The minimum Gasteiger partial charge on any atom is -0.508 e. The summed E-state index contributed by atoms with van der Waals surface area (Å²) in [6.07, 6.45) is 0. The Balaban J connectivity index is 2.32. The quantitative estimate of drug-likeness (QED) is 0.321. The molecular formula is C9H10N4O2S. The van der Waals surface area contributed by atoms with E-state index in [4.69, 9.17) is 5.84 Å². The third-order valence-electron chi connectivity index (χ3n) is 2.04. The maximum atomic E-state index is 9.63. The van der Waals surface area contributed by atoms with Crippen LogP contribution in [0.2, 0.25) is 0 Å². The van der Waals surface area contributed by atoms with Gasteiger partial charge in [-0.3, -0.25) is 5.43 Å². The molecule has 0 atom stereocenters. The van der Waals surface area contributed by atoms with Crippen LogP contribution in [0.5, 0.6) is 11.5 Å². The van der Waals surface area contributed by atoms with Gasteiger partial charge in [0.25, 0.3) is 0 Å². The van der Waals surface area contributed by atoms with Gasteiger partial charge in [0, 0.05) is 11.3 Å². The van der Waals surface area contributed by atoms with Gasteiger partial charge < -0.3 is 16.1 Å². The lowest BCUT2D eigenvalue weighted by Crippen LogP contribution is -2.26. The van der Waals surface area contributed by atoms with Crippen molar-refractivity contribution in [3.63, 3.8) is 0 Å². The van der Waals surface area contributed by atoms with E-state index >= 15 is 0 Å². The highest BCUT2D eigenvalue weighted by atomic mass is 32.2. The molecule has 0 fully saturated rings. The maximum Gasteiger partial charge on any atom is 0.200 e. The average molecular weight is 238 g/mol. The Morgan fingerprint density at radius 2 is 2.25 bits per heavy atom. The van der Waals surface area contributed by atoms with E-state index < -0.39 is 0 Å². The van der Waals surface area contributed by atoms with Crippen LogP contribution in [-0.2, 0) is 0 Å². The van der Waals surface area contributed by atoms with E-state index in [1.165, 1.54) is 30.0 Å². The Labute approximate surface area is 95.9 Å². The third kappa shape index (κ3) is 2.03. The summed E-state index contributed by atoms with van der Waals surface area (Å²) >= 11 is 1.37. The molecule has 0 saturated carbocycles. The molecule has 0 aromatic heterocycles. The monoisotopic (exact) mass is 238 g/mol. The molecule has 84 valence electrons. The first-order valence-electron chi connectivity index (χ1n) is 4.46. The zero-order valence-corrected chi connectivity index (χ0v) is 9.03. The second kappa shape index (κ2) is 4.31. The first-order chi connectivity index (χ1) is 7.70. The lowest BCUT2D eigenvalue weighted by Gasteiger charge is -2.14. The fourth-order valence-electron chi connectivity index (χ4n) is 1.28. The van der Waals surface area contributed by atoms with Crippen LogP contribution in [-0.4, -0.2) is 26.8 Å². The van der Waals surface area contributed by atoms with E-state index in [9.17, 15) is 10.2 Å². The van der Waals surface area contributed by atoms with Crippen LogP contribution in [0, 0.1) is 0 Å². The molecule has 0 spiro atoms. The number of amidine groups is 1. The molecule has 16 heavy (non-hydrogen) atoms. The summed E-state index contributed by atoms with van der Waals surface area (Å²) in [5.74, 6) is 5.77. The van der Waals surface area contributed by atoms with Crippen molar-refractivity contribution in [3.8, 4) is 11.5 Å². The smallest absolute Gasteiger partial charge is 0.200 e. The van der Waals surface area contributed by atoms with Gasteiger partial charge in [-0.2, -0.15) is 10.2 Å². The Morgan fingerprint density at radius 3 is 2.88 bits per heavy atom. The van der Waals surface area contributed by atoms with Gasteiger partial charge in [-0.15, -0.1) is 0 Å². The number of nitrogens with two attached hydrogens (primary N) is 1. The summed E-state index contributed by atoms with van der Waals surface area (Å²) in [7, 11) is 0. The van der Waals surface area contributed by atoms with E-state index in [1.807, 2.05) is 0 Å². The van der Waals surface area contributed by atoms with E-state index in [0.29, 0.717) is 22.2 Å². The molecular weight excluding hydrogens is 228 g/mol. The van der Waals surface area contributed by atoms with Gasteiger partial charge >= 0.3 is 0 Å². The number of nitrogens with zero attached hydrogens (tertiary/aromatic N) is 2. The summed E-state index contributed by atoms with van der Waals surface area (Å²) in [6, 6.07) is 4.29. The second-order valence-electron chi connectivity index (χ2n) is 3.09. The molecule has 0 radical (unpaired) electrons. The molecule has 1 aromatic rings. The molecule has 7 heteroatoms. The zero-order valence-electron chi connectivity index (χ0n) is 8.21. The van der Waals surface area contributed by atoms with Crippen molar-refractivity contribution in [1.29, 1.82) is 0 Å². The van der Waals surface area contributed by atoms with Crippen LogP contribution in [0.1, 0.15) is 5.56 Å². The highest BCUT2D eigenvalue weighted by Gasteiger charge is 2.16. The van der Waals surface area contributed by atoms with Crippen molar-refractivity contribution >= 4 is 22.6 Å². The number of hydrogen-bond donors (Lipinski definition) is 4. The Hall–Kier alpha value is -1.89. The second-order valence-corrected chi connectivity index (χ2v) is 4.06. The van der Waals surface area contributed by atoms with Crippen molar-refractivity contribution in [3.05, 3.63) is 23.8 Å². The van der Waals surface area contributed by atoms with Gasteiger partial charge in [0.1, 0.15) is 11.5 Å². The van der Waals surface area contributed by atoms with Crippen LogP contribution in [0.4, 0.5) is 0 Å². The molecule has 6 nitrogen and oxygen atoms in total. The maximum absolute atomic E-state index is 9.63. The number of phenols is 2. The van der Waals surface area contributed by atoms with Gasteiger partial charge in [0.15, 0.2) is 0 Å². The fourth-order valence-corrected chi connectivity index (χ4v) is 1.95. The molecule has 1 aliphatic rings. The predicted molar refractivity (Wildman–Crippen MR) is 63.5 cm³/mol. The molecule has 0 saturated heterocycles. The van der Waals surface area contributed by atoms with Crippen molar-refractivity contribution in [2.45, 2.75) is 0 Å². The Morgan fingerprint density at radius 1 is 1.44 bits per heavy atom. The molecule has 1 aliphatic heterocycles. The molecule has 0 amide bonds. The fraction of sp³-hybridized carbons (Fsp3) is 0.111. The van der Waals surface area contributed by atoms with Gasteiger partial charge in [0.2, 0.25) is 5.17 Å². The van der Waals surface area contributed by atoms with Crippen LogP contribution in [0.25, 0.3) is 0 Å². The first kappa shape index (κ1) is 10.6. The number of nitrogens with one attached hydrogen (secondary N) is 1. The predicted octanol–water partition coefficient (Wildman–Crippen LogP) is 0.368. The molecule has 0 bridgehead atoms. The molecule has 1 aromatic carbocycles. The summed E-state index contributed by atoms with van der Waals surface area (Å²) in [4.78, 5) is 0. The molecule has 0 aliphatic carbocycles. The summed E-state index contributed by atoms with van der Waals surface area (Å²) in [5.41, 5.74) is 3.77. The highest BCUT2D eigenvalue weighted by molar-refractivity contribution is 8.14. The Bertz CT molecular complexity index is 473. The van der Waals surface area contributed by atoms with Crippen molar-refractivity contribution in [2.24, 2.45) is 16.0 Å². The third-order valence-corrected chi connectivity index (χ3v) is 2.93. The average Bonchev–Trinajstić information content (AvgIpc) is 2.32. The number of benzene rings is 1. The van der Waals surface area contributed by atoms with Gasteiger partial charge in [-0.25, -0.2) is 0 Å². The molecule has 2 rings (SSSR count). The van der Waals surface area contributed by atoms with Crippen molar-refractivity contribution < 1.29 is 10.2 Å². The minimum absolute atomic E-state index is 0.0760. The van der Waals surface area contributed by atoms with Crippen LogP contribution in [0.15, 0.2) is 28.4 Å². The number of rotatable bonds is 1. The van der Waals surface area contributed by atoms with Gasteiger partial charge in [-0.05, 0) is 18.2 Å². The first-order valence-corrected chi connectivity index (χ1v) is 5.45. The van der Waals surface area contributed by atoms with Crippen LogP contribution < -0.4 is 11.3 Å². The van der Waals surface area contributed by atoms with Crippen molar-refractivity contribution in [2.75, 3.05) is 5.75 Å². The number of hydrogen-bond acceptors (Lipinski definition) is 6. The topological polar surface area (TPSA) is 103 Å². The normalized spacial score (nSPS) is 18.0.